The van der Waals surface area contributed by atoms with Crippen LogP contribution < -0.4 is 20.9 Å². The van der Waals surface area contributed by atoms with Gasteiger partial charge in [-0.1, -0.05) is 12.1 Å². The van der Waals surface area contributed by atoms with Gasteiger partial charge in [0.1, 0.15) is 5.75 Å². The zero-order valence-corrected chi connectivity index (χ0v) is 15.8. The molecule has 0 fully saturated rings. The SMILES string of the molecule is COC(=O)c1cccc2nc(C(=O)NCc3ccc4c(c3)NC(=O)CO4)[nH]c(=O)c12. The van der Waals surface area contributed by atoms with Crippen molar-refractivity contribution in [1.82, 2.24) is 15.3 Å². The Morgan fingerprint density at radius 3 is 2.87 bits per heavy atom. The summed E-state index contributed by atoms with van der Waals surface area (Å²) in [5, 5.41) is 5.40. The van der Waals surface area contributed by atoms with Crippen molar-refractivity contribution < 1.29 is 23.9 Å². The number of nitrogens with zero attached hydrogens (tertiary/aromatic N) is 1. The fourth-order valence-corrected chi connectivity index (χ4v) is 3.08. The molecule has 0 aliphatic carbocycles. The van der Waals surface area contributed by atoms with Gasteiger partial charge in [0.15, 0.2) is 12.4 Å². The van der Waals surface area contributed by atoms with Crippen molar-refractivity contribution >= 4 is 34.4 Å². The first-order valence-corrected chi connectivity index (χ1v) is 8.91. The number of nitrogens with one attached hydrogen (secondary N) is 3. The molecular weight excluding hydrogens is 392 g/mol. The maximum Gasteiger partial charge on any atom is 0.338 e. The van der Waals surface area contributed by atoms with Crippen LogP contribution in [0.1, 0.15) is 26.5 Å². The lowest BCUT2D eigenvalue weighted by molar-refractivity contribution is -0.118. The topological polar surface area (TPSA) is 139 Å². The van der Waals surface area contributed by atoms with Gasteiger partial charge < -0.3 is 25.1 Å². The molecule has 2 heterocycles. The summed E-state index contributed by atoms with van der Waals surface area (Å²) in [5.74, 6) is -1.17. The minimum absolute atomic E-state index is 0.0399. The predicted molar refractivity (Wildman–Crippen MR) is 105 cm³/mol. The summed E-state index contributed by atoms with van der Waals surface area (Å²) in [6.45, 7) is 0.0910. The highest BCUT2D eigenvalue weighted by Gasteiger charge is 2.18. The summed E-state index contributed by atoms with van der Waals surface area (Å²) in [6.07, 6.45) is 0. The molecule has 0 atom stereocenters. The van der Waals surface area contributed by atoms with Crippen LogP contribution in [0.3, 0.4) is 0 Å². The second kappa shape index (κ2) is 7.66. The second-order valence-corrected chi connectivity index (χ2v) is 6.46. The highest BCUT2D eigenvalue weighted by molar-refractivity contribution is 6.03. The first kappa shape index (κ1) is 19.1. The number of benzene rings is 2. The second-order valence-electron chi connectivity index (χ2n) is 6.46. The van der Waals surface area contributed by atoms with Gasteiger partial charge in [-0.25, -0.2) is 9.78 Å². The van der Waals surface area contributed by atoms with Crippen molar-refractivity contribution in [3.05, 3.63) is 63.7 Å². The number of aromatic nitrogens is 2. The third-order valence-electron chi connectivity index (χ3n) is 4.48. The molecule has 0 unspecified atom stereocenters. The molecule has 152 valence electrons. The lowest BCUT2D eigenvalue weighted by Crippen LogP contribution is -2.28. The molecule has 1 aliphatic heterocycles. The summed E-state index contributed by atoms with van der Waals surface area (Å²) < 4.78 is 9.97. The number of amides is 2. The molecule has 3 aromatic rings. The molecule has 30 heavy (non-hydrogen) atoms. The summed E-state index contributed by atoms with van der Waals surface area (Å²) in [4.78, 5) is 54.8. The van der Waals surface area contributed by atoms with E-state index in [0.29, 0.717) is 17.0 Å². The number of esters is 1. The molecule has 0 saturated heterocycles. The van der Waals surface area contributed by atoms with Crippen molar-refractivity contribution in [1.29, 1.82) is 0 Å². The number of anilines is 1. The molecule has 10 nitrogen and oxygen atoms in total. The van der Waals surface area contributed by atoms with Gasteiger partial charge in [0.05, 0.1) is 29.3 Å². The Balaban J connectivity index is 1.56. The number of carbonyl (C=O) groups is 3. The van der Waals surface area contributed by atoms with Crippen LogP contribution in [0.5, 0.6) is 5.75 Å². The molecular formula is C20H16N4O6. The average molecular weight is 408 g/mol. The van der Waals surface area contributed by atoms with E-state index in [1.165, 1.54) is 19.2 Å². The van der Waals surface area contributed by atoms with Gasteiger partial charge in [-0.15, -0.1) is 0 Å². The number of carbonyl (C=O) groups excluding carboxylic acids is 3. The summed E-state index contributed by atoms with van der Waals surface area (Å²) >= 11 is 0. The van der Waals surface area contributed by atoms with Gasteiger partial charge in [0.2, 0.25) is 0 Å². The maximum absolute atomic E-state index is 12.5. The van der Waals surface area contributed by atoms with Gasteiger partial charge >= 0.3 is 5.97 Å². The van der Waals surface area contributed by atoms with E-state index in [1.54, 1.807) is 24.3 Å². The van der Waals surface area contributed by atoms with E-state index in [0.717, 1.165) is 0 Å². The summed E-state index contributed by atoms with van der Waals surface area (Å²) in [6, 6.07) is 9.65. The smallest absolute Gasteiger partial charge is 0.338 e. The minimum Gasteiger partial charge on any atom is -0.482 e. The van der Waals surface area contributed by atoms with E-state index in [9.17, 15) is 19.2 Å². The van der Waals surface area contributed by atoms with E-state index < -0.39 is 17.4 Å². The zero-order valence-electron chi connectivity index (χ0n) is 15.8. The molecule has 2 amide bonds. The molecule has 0 saturated carbocycles. The molecule has 3 N–H and O–H groups in total. The van der Waals surface area contributed by atoms with Crippen LogP contribution in [0, 0.1) is 0 Å². The molecule has 4 rings (SSSR count). The molecule has 2 aromatic carbocycles. The fourth-order valence-electron chi connectivity index (χ4n) is 3.08. The van der Waals surface area contributed by atoms with Crippen LogP contribution in [0.2, 0.25) is 0 Å². The number of rotatable bonds is 4. The highest BCUT2D eigenvalue weighted by atomic mass is 16.5. The van der Waals surface area contributed by atoms with E-state index >= 15 is 0 Å². The van der Waals surface area contributed by atoms with Gasteiger partial charge in [-0.05, 0) is 29.8 Å². The van der Waals surface area contributed by atoms with E-state index in [-0.39, 0.29) is 41.3 Å². The Morgan fingerprint density at radius 2 is 2.07 bits per heavy atom. The number of methoxy groups -OCH3 is 1. The standard InChI is InChI=1S/C20H16N4O6/c1-29-20(28)11-3-2-4-12-16(11)18(26)24-17(23-12)19(27)21-8-10-5-6-14-13(7-10)22-15(25)9-30-14/h2-7H,8-9H2,1H3,(H,21,27)(H,22,25)(H,23,24,26). The van der Waals surface area contributed by atoms with E-state index in [1.807, 2.05) is 0 Å². The number of ether oxygens (including phenoxy) is 2. The first-order valence-electron chi connectivity index (χ1n) is 8.91. The number of fused-ring (bicyclic) bond motifs is 2. The first-order chi connectivity index (χ1) is 14.5. The fraction of sp³-hybridized carbons (Fsp3) is 0.150. The molecule has 1 aliphatic rings. The largest absolute Gasteiger partial charge is 0.482 e. The molecule has 10 heteroatoms. The molecule has 0 radical (unpaired) electrons. The van der Waals surface area contributed by atoms with Crippen LogP contribution in [-0.2, 0) is 16.1 Å². The van der Waals surface area contributed by atoms with Crippen LogP contribution in [-0.4, -0.2) is 41.5 Å². The number of H-pyrrole nitrogens is 1. The average Bonchev–Trinajstić information content (AvgIpc) is 2.75. The Labute approximate surface area is 169 Å². The quantitative estimate of drug-likeness (QED) is 0.547. The molecule has 1 aromatic heterocycles. The van der Waals surface area contributed by atoms with Crippen LogP contribution >= 0.6 is 0 Å². The van der Waals surface area contributed by atoms with E-state index in [2.05, 4.69) is 25.3 Å². The highest BCUT2D eigenvalue weighted by Crippen LogP contribution is 2.28. The number of hydrogen-bond donors (Lipinski definition) is 3. The summed E-state index contributed by atoms with van der Waals surface area (Å²) in [5.41, 5.74) is 0.865. The molecule has 0 bridgehead atoms. The minimum atomic E-state index is -0.673. The van der Waals surface area contributed by atoms with Gasteiger partial charge in [0, 0.05) is 6.54 Å². The Morgan fingerprint density at radius 1 is 1.23 bits per heavy atom. The monoisotopic (exact) mass is 408 g/mol. The summed E-state index contributed by atoms with van der Waals surface area (Å²) in [7, 11) is 1.21. The maximum atomic E-state index is 12.5. The van der Waals surface area contributed by atoms with Gasteiger partial charge in [0.25, 0.3) is 17.4 Å². The normalized spacial score (nSPS) is 12.5. The van der Waals surface area contributed by atoms with Crippen LogP contribution in [0.25, 0.3) is 10.9 Å². The van der Waals surface area contributed by atoms with Crippen LogP contribution in [0.4, 0.5) is 5.69 Å². The number of aromatic amines is 1. The zero-order chi connectivity index (χ0) is 21.3. The predicted octanol–water partition coefficient (Wildman–Crippen LogP) is 0.971. The molecule has 0 spiro atoms. The Kier molecular flexibility index (Phi) is 4.88. The van der Waals surface area contributed by atoms with Crippen molar-refractivity contribution in [3.8, 4) is 5.75 Å². The third kappa shape index (κ3) is 3.58. The van der Waals surface area contributed by atoms with Crippen molar-refractivity contribution in [2.24, 2.45) is 0 Å². The van der Waals surface area contributed by atoms with Gasteiger partial charge in [-0.2, -0.15) is 0 Å². The third-order valence-corrected chi connectivity index (χ3v) is 4.48. The van der Waals surface area contributed by atoms with E-state index in [4.69, 9.17) is 4.74 Å². The lowest BCUT2D eigenvalue weighted by atomic mass is 10.1. The van der Waals surface area contributed by atoms with Crippen molar-refractivity contribution in [2.75, 3.05) is 19.0 Å². The Hall–Kier alpha value is -4.21. The van der Waals surface area contributed by atoms with Crippen molar-refractivity contribution in [3.63, 3.8) is 0 Å². The Bertz CT molecular complexity index is 1250. The van der Waals surface area contributed by atoms with Crippen molar-refractivity contribution in [2.45, 2.75) is 6.54 Å². The van der Waals surface area contributed by atoms with Crippen LogP contribution in [0.15, 0.2) is 41.2 Å². The lowest BCUT2D eigenvalue weighted by Gasteiger charge is -2.18. The number of hydrogen-bond acceptors (Lipinski definition) is 7. The van der Waals surface area contributed by atoms with Gasteiger partial charge in [-0.3, -0.25) is 14.4 Å².